The van der Waals surface area contributed by atoms with Crippen molar-refractivity contribution in [2.24, 2.45) is 11.8 Å². The Morgan fingerprint density at radius 2 is 1.59 bits per heavy atom. The molecule has 2 fully saturated rings. The quantitative estimate of drug-likeness (QED) is 0.640. The van der Waals surface area contributed by atoms with E-state index in [9.17, 15) is 23.1 Å². The molecule has 1 N–H and O–H groups in total. The number of benzene rings is 2. The summed E-state index contributed by atoms with van der Waals surface area (Å²) in [6.45, 7) is 7.94. The Balaban J connectivity index is 1.38. The lowest BCUT2D eigenvalue weighted by atomic mass is 9.84. The topological polar surface area (TPSA) is 40.5 Å². The van der Waals surface area contributed by atoms with Crippen molar-refractivity contribution >= 4 is 5.78 Å². The number of ketones is 1. The molecule has 6 heteroatoms. The molecule has 2 aliphatic rings. The van der Waals surface area contributed by atoms with Crippen LogP contribution in [0.15, 0.2) is 48.5 Å². The molecule has 172 valence electrons. The summed E-state index contributed by atoms with van der Waals surface area (Å²) in [6.07, 6.45) is -3.18. The molecular formula is C26H30F3NO2. The van der Waals surface area contributed by atoms with E-state index in [0.717, 1.165) is 17.7 Å². The molecule has 1 saturated carbocycles. The molecule has 1 aliphatic carbocycles. The second-order valence-corrected chi connectivity index (χ2v) is 10.5. The highest BCUT2D eigenvalue weighted by molar-refractivity contribution is 5.97. The molecule has 4 rings (SSSR count). The molecule has 32 heavy (non-hydrogen) atoms. The van der Waals surface area contributed by atoms with Gasteiger partial charge in [0, 0.05) is 18.7 Å². The van der Waals surface area contributed by atoms with E-state index < -0.39 is 17.3 Å². The zero-order valence-corrected chi connectivity index (χ0v) is 18.7. The minimum atomic E-state index is -4.46. The average Bonchev–Trinajstić information content (AvgIpc) is 3.21. The van der Waals surface area contributed by atoms with Crippen molar-refractivity contribution in [3.05, 3.63) is 70.8 Å². The number of hydrogen-bond donors (Lipinski definition) is 1. The van der Waals surface area contributed by atoms with Crippen molar-refractivity contribution in [2.75, 3.05) is 19.6 Å². The van der Waals surface area contributed by atoms with Gasteiger partial charge in [-0.2, -0.15) is 13.2 Å². The first-order valence-electron chi connectivity index (χ1n) is 11.1. The van der Waals surface area contributed by atoms with Crippen molar-refractivity contribution in [2.45, 2.75) is 50.8 Å². The maximum atomic E-state index is 12.9. The summed E-state index contributed by atoms with van der Waals surface area (Å²) in [6, 6.07) is 12.8. The summed E-state index contributed by atoms with van der Waals surface area (Å²) in [5.41, 5.74) is 0.647. The summed E-state index contributed by atoms with van der Waals surface area (Å²) in [5, 5.41) is 11.3. The highest BCUT2D eigenvalue weighted by Gasteiger charge is 2.49. The van der Waals surface area contributed by atoms with E-state index in [1.807, 2.05) is 17.0 Å². The van der Waals surface area contributed by atoms with Crippen molar-refractivity contribution in [3.63, 3.8) is 0 Å². The van der Waals surface area contributed by atoms with Gasteiger partial charge < -0.3 is 5.11 Å². The van der Waals surface area contributed by atoms with Gasteiger partial charge >= 0.3 is 6.18 Å². The number of alkyl halides is 3. The number of fused-ring (bicyclic) bond motifs is 1. The van der Waals surface area contributed by atoms with Crippen LogP contribution < -0.4 is 0 Å². The van der Waals surface area contributed by atoms with E-state index in [4.69, 9.17) is 0 Å². The molecule has 2 aromatic rings. The van der Waals surface area contributed by atoms with Gasteiger partial charge in [-0.05, 0) is 53.4 Å². The van der Waals surface area contributed by atoms with Crippen LogP contribution in [0.1, 0.15) is 60.7 Å². The number of carbonyl (C=O) groups is 1. The molecule has 0 radical (unpaired) electrons. The number of nitrogens with zero attached hydrogens (tertiary/aromatic N) is 1. The minimum Gasteiger partial charge on any atom is -0.385 e. The first-order valence-corrected chi connectivity index (χ1v) is 11.1. The molecule has 0 spiro atoms. The third-order valence-corrected chi connectivity index (χ3v) is 7.02. The second kappa shape index (κ2) is 7.99. The lowest BCUT2D eigenvalue weighted by Gasteiger charge is -2.27. The van der Waals surface area contributed by atoms with E-state index in [2.05, 4.69) is 32.9 Å². The monoisotopic (exact) mass is 445 g/mol. The molecule has 2 aromatic carbocycles. The highest BCUT2D eigenvalue weighted by atomic mass is 19.4. The summed E-state index contributed by atoms with van der Waals surface area (Å²) in [4.78, 5) is 14.6. The Hall–Kier alpha value is -2.18. The number of aliphatic hydroxyl groups is 1. The van der Waals surface area contributed by atoms with Gasteiger partial charge in [0.1, 0.15) is 0 Å². The first-order chi connectivity index (χ1) is 14.8. The van der Waals surface area contributed by atoms with Crippen LogP contribution in [-0.2, 0) is 17.2 Å². The fourth-order valence-corrected chi connectivity index (χ4v) is 5.26. The third-order valence-electron chi connectivity index (χ3n) is 7.02. The van der Waals surface area contributed by atoms with Crippen LogP contribution in [0.25, 0.3) is 0 Å². The zero-order chi connectivity index (χ0) is 23.3. The number of Topliss-reactive ketones (excluding diaryl/α,β-unsaturated/α-hetero) is 1. The van der Waals surface area contributed by atoms with Gasteiger partial charge in [-0.3, -0.25) is 9.69 Å². The number of rotatable bonds is 4. The SMILES string of the molecule is CC(C)(C)c1ccc(C2(O)C[C@H]3CN(CC(=O)c4cccc(C(F)(F)F)c4)C[C@H]3C2)cc1. The molecule has 3 atom stereocenters. The van der Waals surface area contributed by atoms with Crippen molar-refractivity contribution in [3.8, 4) is 0 Å². The molecule has 3 nitrogen and oxygen atoms in total. The van der Waals surface area contributed by atoms with Crippen LogP contribution in [0, 0.1) is 11.8 Å². The summed E-state index contributed by atoms with van der Waals surface area (Å²) < 4.78 is 38.8. The number of halogens is 3. The maximum absolute atomic E-state index is 12.9. The van der Waals surface area contributed by atoms with Crippen molar-refractivity contribution < 1.29 is 23.1 Å². The summed E-state index contributed by atoms with van der Waals surface area (Å²) in [7, 11) is 0. The van der Waals surface area contributed by atoms with Crippen molar-refractivity contribution in [1.29, 1.82) is 0 Å². The average molecular weight is 446 g/mol. The van der Waals surface area contributed by atoms with Gasteiger partial charge in [0.2, 0.25) is 0 Å². The molecule has 1 saturated heterocycles. The normalized spacial score (nSPS) is 26.3. The van der Waals surface area contributed by atoms with Crippen LogP contribution >= 0.6 is 0 Å². The largest absolute Gasteiger partial charge is 0.416 e. The first kappa shape index (κ1) is 23.0. The van der Waals surface area contributed by atoms with Crippen LogP contribution in [0.5, 0.6) is 0 Å². The highest BCUT2D eigenvalue weighted by Crippen LogP contribution is 2.49. The van der Waals surface area contributed by atoms with Gasteiger partial charge in [0.25, 0.3) is 0 Å². The fraction of sp³-hybridized carbons (Fsp3) is 0.500. The number of likely N-dealkylation sites (tertiary alicyclic amines) is 1. The van der Waals surface area contributed by atoms with E-state index in [1.54, 1.807) is 0 Å². The van der Waals surface area contributed by atoms with Gasteiger partial charge in [0.05, 0.1) is 17.7 Å². The lowest BCUT2D eigenvalue weighted by Crippen LogP contribution is -2.31. The molecule has 0 amide bonds. The predicted molar refractivity (Wildman–Crippen MR) is 117 cm³/mol. The Labute approximate surface area is 187 Å². The van der Waals surface area contributed by atoms with E-state index in [0.29, 0.717) is 25.9 Å². The van der Waals surface area contributed by atoms with Gasteiger partial charge in [-0.1, -0.05) is 57.2 Å². The molecule has 1 aliphatic heterocycles. The van der Waals surface area contributed by atoms with E-state index in [-0.39, 0.29) is 35.1 Å². The number of hydrogen-bond acceptors (Lipinski definition) is 3. The predicted octanol–water partition coefficient (Wildman–Crippen LogP) is 5.42. The van der Waals surface area contributed by atoms with E-state index >= 15 is 0 Å². The molecule has 1 unspecified atom stereocenters. The third kappa shape index (κ3) is 4.62. The Bertz CT molecular complexity index is 977. The van der Waals surface area contributed by atoms with Crippen LogP contribution in [-0.4, -0.2) is 35.4 Å². The Kier molecular flexibility index (Phi) is 5.74. The Morgan fingerprint density at radius 1 is 1.00 bits per heavy atom. The van der Waals surface area contributed by atoms with Gasteiger partial charge in [-0.25, -0.2) is 0 Å². The molecule has 1 heterocycles. The standard InChI is InChI=1S/C26H30F3NO2/c1-24(2,3)20-7-9-21(10-8-20)25(32)12-18-14-30(15-19(18)13-25)16-23(31)17-5-4-6-22(11-17)26(27,28)29/h4-11,18-19,32H,12-16H2,1-3H3/t18-,19+,25?. The Morgan fingerprint density at radius 3 is 2.12 bits per heavy atom. The smallest absolute Gasteiger partial charge is 0.385 e. The molecular weight excluding hydrogens is 415 g/mol. The van der Waals surface area contributed by atoms with Gasteiger partial charge in [-0.15, -0.1) is 0 Å². The maximum Gasteiger partial charge on any atom is 0.416 e. The van der Waals surface area contributed by atoms with Crippen LogP contribution in [0.3, 0.4) is 0 Å². The van der Waals surface area contributed by atoms with Crippen LogP contribution in [0.4, 0.5) is 13.2 Å². The van der Waals surface area contributed by atoms with Crippen molar-refractivity contribution in [1.82, 2.24) is 4.90 Å². The van der Waals surface area contributed by atoms with Crippen LogP contribution in [0.2, 0.25) is 0 Å². The summed E-state index contributed by atoms with van der Waals surface area (Å²) >= 11 is 0. The minimum absolute atomic E-state index is 0.0555. The molecule has 0 aromatic heterocycles. The number of carbonyl (C=O) groups excluding carboxylic acids is 1. The lowest BCUT2D eigenvalue weighted by molar-refractivity contribution is -0.137. The fourth-order valence-electron chi connectivity index (χ4n) is 5.26. The van der Waals surface area contributed by atoms with Gasteiger partial charge in [0.15, 0.2) is 5.78 Å². The molecule has 0 bridgehead atoms. The summed E-state index contributed by atoms with van der Waals surface area (Å²) in [5.74, 6) is 0.248. The van der Waals surface area contributed by atoms with E-state index in [1.165, 1.54) is 17.7 Å². The zero-order valence-electron chi connectivity index (χ0n) is 18.7. The second-order valence-electron chi connectivity index (χ2n) is 10.5.